The van der Waals surface area contributed by atoms with Crippen LogP contribution in [0.1, 0.15) is 25.1 Å². The molecule has 1 aliphatic rings. The average molecular weight is 325 g/mol. The van der Waals surface area contributed by atoms with Crippen LogP contribution in [-0.2, 0) is 5.54 Å². The van der Waals surface area contributed by atoms with Gasteiger partial charge >= 0.3 is 6.03 Å². The Labute approximate surface area is 136 Å². The molecule has 2 amide bonds. The summed E-state index contributed by atoms with van der Waals surface area (Å²) in [6.07, 6.45) is 4.04. The molecule has 122 valence electrons. The van der Waals surface area contributed by atoms with Crippen LogP contribution >= 0.6 is 0 Å². The number of aromatic nitrogens is 7. The molecule has 3 aromatic rings. The topological polar surface area (TPSA) is 126 Å². The maximum atomic E-state index is 12.3. The van der Waals surface area contributed by atoms with Crippen molar-refractivity contribution in [2.75, 3.05) is 5.32 Å². The predicted molar refractivity (Wildman–Crippen MR) is 83.2 cm³/mol. The van der Waals surface area contributed by atoms with Crippen LogP contribution in [-0.4, -0.2) is 41.6 Å². The normalized spacial score (nSPS) is 15.5. The lowest BCUT2D eigenvalue weighted by molar-refractivity contribution is 0.175. The average Bonchev–Trinajstić information content (AvgIpc) is 3.24. The number of rotatable bonds is 4. The van der Waals surface area contributed by atoms with E-state index in [-0.39, 0.29) is 6.03 Å². The third kappa shape index (κ3) is 2.57. The molecular formula is C14H15N9O. The lowest BCUT2D eigenvalue weighted by Gasteiger charge is -2.39. The molecule has 4 rings (SSSR count). The maximum Gasteiger partial charge on any atom is 0.321 e. The molecule has 0 saturated heterocycles. The molecule has 0 atom stereocenters. The zero-order valence-electron chi connectivity index (χ0n) is 12.7. The number of amides is 2. The number of carbonyl (C=O) groups excluding carboxylic acids is 1. The van der Waals surface area contributed by atoms with Crippen LogP contribution in [0.4, 0.5) is 10.6 Å². The largest absolute Gasteiger partial charge is 0.325 e. The van der Waals surface area contributed by atoms with Gasteiger partial charge in [-0.25, -0.2) is 4.79 Å². The van der Waals surface area contributed by atoms with E-state index in [1.165, 1.54) is 11.0 Å². The van der Waals surface area contributed by atoms with Crippen LogP contribution in [0.15, 0.2) is 36.5 Å². The SMILES string of the molecule is O=C(Nc1cnn(-c2ccccc2)n1)NC1(c2nn[nH]n2)CCC1. The molecule has 24 heavy (non-hydrogen) atoms. The first-order chi connectivity index (χ1) is 11.8. The summed E-state index contributed by atoms with van der Waals surface area (Å²) in [5.41, 5.74) is 0.250. The van der Waals surface area contributed by atoms with Gasteiger partial charge in [-0.05, 0) is 31.4 Å². The number of nitrogens with zero attached hydrogens (tertiary/aromatic N) is 6. The van der Waals surface area contributed by atoms with Crippen molar-refractivity contribution < 1.29 is 4.79 Å². The molecule has 1 saturated carbocycles. The van der Waals surface area contributed by atoms with Gasteiger partial charge in [0.1, 0.15) is 5.54 Å². The summed E-state index contributed by atoms with van der Waals surface area (Å²) in [6, 6.07) is 9.08. The maximum absolute atomic E-state index is 12.3. The van der Waals surface area contributed by atoms with E-state index in [2.05, 4.69) is 41.5 Å². The third-order valence-electron chi connectivity index (χ3n) is 4.05. The Hall–Kier alpha value is -3.30. The Bertz CT molecular complexity index is 823. The van der Waals surface area contributed by atoms with E-state index in [4.69, 9.17) is 0 Å². The van der Waals surface area contributed by atoms with Crippen LogP contribution in [0.3, 0.4) is 0 Å². The van der Waals surface area contributed by atoms with Crippen molar-refractivity contribution in [3.8, 4) is 5.69 Å². The predicted octanol–water partition coefficient (Wildman–Crippen LogP) is 0.981. The second-order valence-corrected chi connectivity index (χ2v) is 5.60. The number of urea groups is 1. The van der Waals surface area contributed by atoms with E-state index < -0.39 is 5.54 Å². The number of carbonyl (C=O) groups is 1. The van der Waals surface area contributed by atoms with Gasteiger partial charge in [-0.2, -0.15) is 10.3 Å². The minimum atomic E-state index is -0.563. The van der Waals surface area contributed by atoms with E-state index in [1.807, 2.05) is 30.3 Å². The Balaban J connectivity index is 1.44. The van der Waals surface area contributed by atoms with Gasteiger partial charge < -0.3 is 5.32 Å². The lowest BCUT2D eigenvalue weighted by Crippen LogP contribution is -2.53. The molecule has 2 aromatic heterocycles. The monoisotopic (exact) mass is 325 g/mol. The number of hydrogen-bond acceptors (Lipinski definition) is 6. The van der Waals surface area contributed by atoms with E-state index in [9.17, 15) is 4.79 Å². The lowest BCUT2D eigenvalue weighted by atomic mass is 9.76. The van der Waals surface area contributed by atoms with Crippen molar-refractivity contribution in [2.24, 2.45) is 0 Å². The van der Waals surface area contributed by atoms with E-state index in [0.717, 1.165) is 24.9 Å². The molecule has 0 bridgehead atoms. The van der Waals surface area contributed by atoms with Crippen LogP contribution in [0.2, 0.25) is 0 Å². The molecule has 1 fully saturated rings. The van der Waals surface area contributed by atoms with Crippen molar-refractivity contribution in [3.05, 3.63) is 42.4 Å². The number of aromatic amines is 1. The molecule has 0 aliphatic heterocycles. The van der Waals surface area contributed by atoms with Crippen LogP contribution < -0.4 is 10.6 Å². The highest BCUT2D eigenvalue weighted by molar-refractivity contribution is 5.88. The van der Waals surface area contributed by atoms with Gasteiger partial charge in [-0.15, -0.1) is 20.1 Å². The fourth-order valence-electron chi connectivity index (χ4n) is 2.67. The molecule has 1 aromatic carbocycles. The highest BCUT2D eigenvalue weighted by Crippen LogP contribution is 2.39. The number of benzene rings is 1. The van der Waals surface area contributed by atoms with Gasteiger partial charge in [0, 0.05) is 0 Å². The fraction of sp³-hybridized carbons (Fsp3) is 0.286. The van der Waals surface area contributed by atoms with Crippen LogP contribution in [0.25, 0.3) is 5.69 Å². The van der Waals surface area contributed by atoms with Crippen molar-refractivity contribution in [3.63, 3.8) is 0 Å². The second-order valence-electron chi connectivity index (χ2n) is 5.60. The summed E-state index contributed by atoms with van der Waals surface area (Å²) in [4.78, 5) is 13.7. The quantitative estimate of drug-likeness (QED) is 0.656. The highest BCUT2D eigenvalue weighted by Gasteiger charge is 2.44. The van der Waals surface area contributed by atoms with Crippen molar-refractivity contribution in [1.29, 1.82) is 0 Å². The zero-order chi connectivity index (χ0) is 16.4. The summed E-state index contributed by atoms with van der Waals surface area (Å²) < 4.78 is 0. The summed E-state index contributed by atoms with van der Waals surface area (Å²) in [7, 11) is 0. The van der Waals surface area contributed by atoms with Gasteiger partial charge in [-0.3, -0.25) is 5.32 Å². The van der Waals surface area contributed by atoms with Gasteiger partial charge in [0.15, 0.2) is 11.6 Å². The number of anilines is 1. The first kappa shape index (κ1) is 14.3. The molecule has 3 N–H and O–H groups in total. The van der Waals surface area contributed by atoms with Crippen LogP contribution in [0, 0.1) is 0 Å². The molecule has 10 heteroatoms. The summed E-state index contributed by atoms with van der Waals surface area (Å²) in [5.74, 6) is 0.857. The van der Waals surface area contributed by atoms with Gasteiger partial charge in [0.2, 0.25) is 0 Å². The smallest absolute Gasteiger partial charge is 0.321 e. The van der Waals surface area contributed by atoms with E-state index in [1.54, 1.807) is 0 Å². The number of hydrogen-bond donors (Lipinski definition) is 3. The number of tetrazole rings is 1. The Morgan fingerprint density at radius 3 is 2.75 bits per heavy atom. The second kappa shape index (κ2) is 5.72. The molecule has 0 spiro atoms. The third-order valence-corrected chi connectivity index (χ3v) is 4.05. The Kier molecular flexibility index (Phi) is 3.41. The molecule has 2 heterocycles. The summed E-state index contributed by atoms with van der Waals surface area (Å²) in [5, 5.41) is 28.0. The minimum Gasteiger partial charge on any atom is -0.325 e. The van der Waals surface area contributed by atoms with E-state index >= 15 is 0 Å². The first-order valence-corrected chi connectivity index (χ1v) is 7.56. The van der Waals surface area contributed by atoms with Gasteiger partial charge in [0.05, 0.1) is 11.9 Å². The molecule has 0 unspecified atom stereocenters. The first-order valence-electron chi connectivity index (χ1n) is 7.56. The van der Waals surface area contributed by atoms with Crippen molar-refractivity contribution >= 4 is 11.8 Å². The minimum absolute atomic E-state index is 0.360. The molecule has 0 radical (unpaired) electrons. The standard InChI is InChI=1S/C14H15N9O/c24-13(17-14(7-4-8-14)12-18-21-22-19-12)16-11-9-15-23(20-11)10-5-2-1-3-6-10/h1-3,5-6,9H,4,7-8H2,(H2,16,17,20,24)(H,18,19,21,22). The van der Waals surface area contributed by atoms with Crippen molar-refractivity contribution in [1.82, 2.24) is 40.9 Å². The Morgan fingerprint density at radius 2 is 2.08 bits per heavy atom. The van der Waals surface area contributed by atoms with Crippen LogP contribution in [0.5, 0.6) is 0 Å². The van der Waals surface area contributed by atoms with Crippen molar-refractivity contribution in [2.45, 2.75) is 24.8 Å². The number of H-pyrrole nitrogens is 1. The van der Waals surface area contributed by atoms with Gasteiger partial charge in [0.25, 0.3) is 0 Å². The summed E-state index contributed by atoms with van der Waals surface area (Å²) in [6.45, 7) is 0. The molecule has 10 nitrogen and oxygen atoms in total. The van der Waals surface area contributed by atoms with Gasteiger partial charge in [-0.1, -0.05) is 23.4 Å². The fourth-order valence-corrected chi connectivity index (χ4v) is 2.67. The Morgan fingerprint density at radius 1 is 1.25 bits per heavy atom. The molecular weight excluding hydrogens is 310 g/mol. The number of nitrogens with one attached hydrogen (secondary N) is 3. The summed E-state index contributed by atoms with van der Waals surface area (Å²) >= 11 is 0. The van der Waals surface area contributed by atoms with E-state index in [0.29, 0.717) is 11.6 Å². The molecule has 1 aliphatic carbocycles. The zero-order valence-corrected chi connectivity index (χ0v) is 12.7. The highest BCUT2D eigenvalue weighted by atomic mass is 16.2. The number of para-hydroxylation sites is 1.